The van der Waals surface area contributed by atoms with Gasteiger partial charge in [0.1, 0.15) is 0 Å². The molecule has 0 nitrogen and oxygen atoms in total. The Kier molecular flexibility index (Phi) is 5.24. The molecule has 0 N–H and O–H groups in total. The highest BCUT2D eigenvalue weighted by Crippen LogP contribution is 2.45. The van der Waals surface area contributed by atoms with E-state index in [0.717, 1.165) is 0 Å². The maximum absolute atomic E-state index is 2.34. The van der Waals surface area contributed by atoms with Crippen molar-refractivity contribution in [1.29, 1.82) is 0 Å². The largest absolute Gasteiger partial charge is 0.0622 e. The summed E-state index contributed by atoms with van der Waals surface area (Å²) in [5, 5.41) is 10.2. The predicted molar refractivity (Wildman–Crippen MR) is 173 cm³/mol. The summed E-state index contributed by atoms with van der Waals surface area (Å²) in [4.78, 5) is 0. The number of hydrogen-bond donors (Lipinski definition) is 0. The Morgan fingerprint density at radius 3 is 1.48 bits per heavy atom. The smallest absolute Gasteiger partial charge is 0.00201 e. The maximum atomic E-state index is 2.34. The van der Waals surface area contributed by atoms with E-state index in [4.69, 9.17) is 0 Å². The van der Waals surface area contributed by atoms with Crippen LogP contribution >= 0.6 is 0 Å². The molecule has 0 unspecified atom stereocenters. The zero-order valence-corrected chi connectivity index (χ0v) is 22.0. The van der Waals surface area contributed by atoms with Crippen LogP contribution in [0.25, 0.3) is 76.5 Å². The molecule has 0 fully saturated rings. The lowest BCUT2D eigenvalue weighted by atomic mass is 9.84. The summed E-state index contributed by atoms with van der Waals surface area (Å²) < 4.78 is 0. The van der Waals surface area contributed by atoms with Crippen LogP contribution in [0.4, 0.5) is 0 Å². The first kappa shape index (κ1) is 22.8. The summed E-state index contributed by atoms with van der Waals surface area (Å²) in [6, 6.07) is 57.5. The first-order valence-corrected chi connectivity index (χ1v) is 13.9. The highest BCUT2D eigenvalue weighted by molar-refractivity contribution is 6.23. The molecule has 8 aromatic carbocycles. The minimum Gasteiger partial charge on any atom is -0.0622 e. The van der Waals surface area contributed by atoms with E-state index >= 15 is 0 Å². The molecule has 0 radical (unpaired) electrons. The van der Waals surface area contributed by atoms with Gasteiger partial charge in [0.15, 0.2) is 0 Å². The van der Waals surface area contributed by atoms with Crippen LogP contribution < -0.4 is 0 Å². The number of hydrogen-bond acceptors (Lipinski definition) is 0. The summed E-state index contributed by atoms with van der Waals surface area (Å²) in [6.45, 7) is 0. The van der Waals surface area contributed by atoms with Crippen molar-refractivity contribution in [2.75, 3.05) is 0 Å². The molecule has 0 aromatic heterocycles. The van der Waals surface area contributed by atoms with E-state index < -0.39 is 0 Å². The second-order valence-electron chi connectivity index (χ2n) is 10.5. The van der Waals surface area contributed by atoms with Crippen LogP contribution in [0.1, 0.15) is 0 Å². The fourth-order valence-corrected chi connectivity index (χ4v) is 6.38. The van der Waals surface area contributed by atoms with Crippen molar-refractivity contribution in [3.8, 4) is 33.4 Å². The van der Waals surface area contributed by atoms with Crippen molar-refractivity contribution in [3.63, 3.8) is 0 Å². The molecule has 0 saturated carbocycles. The minimum absolute atomic E-state index is 1.24. The fraction of sp³-hybridized carbons (Fsp3) is 0. The van der Waals surface area contributed by atoms with Crippen molar-refractivity contribution in [1.82, 2.24) is 0 Å². The van der Waals surface area contributed by atoms with Crippen LogP contribution in [0.2, 0.25) is 0 Å². The van der Waals surface area contributed by atoms with Crippen LogP contribution in [-0.4, -0.2) is 0 Å². The Hall–Kier alpha value is -5.20. The molecular formula is C40H26. The van der Waals surface area contributed by atoms with E-state index in [1.54, 1.807) is 0 Å². The third-order valence-corrected chi connectivity index (χ3v) is 8.23. The van der Waals surface area contributed by atoms with Crippen LogP contribution in [-0.2, 0) is 0 Å². The van der Waals surface area contributed by atoms with Crippen molar-refractivity contribution >= 4 is 43.1 Å². The third kappa shape index (κ3) is 3.61. The monoisotopic (exact) mass is 506 g/mol. The first-order chi connectivity index (χ1) is 19.8. The zero-order valence-electron chi connectivity index (χ0n) is 22.0. The highest BCUT2D eigenvalue weighted by Gasteiger charge is 2.17. The van der Waals surface area contributed by atoms with E-state index in [0.29, 0.717) is 0 Å². The summed E-state index contributed by atoms with van der Waals surface area (Å²) in [5.74, 6) is 0. The molecule has 40 heavy (non-hydrogen) atoms. The lowest BCUT2D eigenvalue weighted by molar-refractivity contribution is 1.65. The summed E-state index contributed by atoms with van der Waals surface area (Å²) in [7, 11) is 0. The van der Waals surface area contributed by atoms with Gasteiger partial charge < -0.3 is 0 Å². The van der Waals surface area contributed by atoms with Crippen molar-refractivity contribution < 1.29 is 0 Å². The Morgan fingerprint density at radius 1 is 0.250 bits per heavy atom. The lowest BCUT2D eigenvalue weighted by Crippen LogP contribution is -1.91. The highest BCUT2D eigenvalue weighted by atomic mass is 14.2. The zero-order chi connectivity index (χ0) is 26.5. The molecule has 0 aliphatic rings. The summed E-state index contributed by atoms with van der Waals surface area (Å²) in [6.07, 6.45) is 0. The molecule has 8 aromatic rings. The van der Waals surface area contributed by atoms with Crippen molar-refractivity contribution in [3.05, 3.63) is 158 Å². The average Bonchev–Trinajstić information content (AvgIpc) is 3.03. The maximum Gasteiger partial charge on any atom is -0.00201 e. The Labute approximate surface area is 233 Å². The van der Waals surface area contributed by atoms with E-state index in [-0.39, 0.29) is 0 Å². The van der Waals surface area contributed by atoms with E-state index in [1.165, 1.54) is 76.5 Å². The van der Waals surface area contributed by atoms with Gasteiger partial charge in [-0.3, -0.25) is 0 Å². The molecule has 0 spiro atoms. The van der Waals surface area contributed by atoms with Gasteiger partial charge in [-0.15, -0.1) is 0 Å². The van der Waals surface area contributed by atoms with Crippen LogP contribution in [0.15, 0.2) is 158 Å². The molecule has 0 bridgehead atoms. The second-order valence-corrected chi connectivity index (χ2v) is 10.5. The van der Waals surface area contributed by atoms with Crippen LogP contribution in [0, 0.1) is 0 Å². The number of rotatable bonds is 3. The van der Waals surface area contributed by atoms with Gasteiger partial charge in [0, 0.05) is 0 Å². The SMILES string of the molecule is c1ccc(-c2c3ccccc3c(-c3cccc4cc(-c5ccc6ccccc6c5)ccc34)c3ccccc23)cc1. The van der Waals surface area contributed by atoms with Crippen molar-refractivity contribution in [2.24, 2.45) is 0 Å². The Balaban J connectivity index is 1.39. The molecule has 0 saturated heterocycles. The fourth-order valence-electron chi connectivity index (χ4n) is 6.38. The van der Waals surface area contributed by atoms with Gasteiger partial charge in [-0.25, -0.2) is 0 Å². The Bertz CT molecular complexity index is 2150. The van der Waals surface area contributed by atoms with Gasteiger partial charge in [0.05, 0.1) is 0 Å². The van der Waals surface area contributed by atoms with Gasteiger partial charge >= 0.3 is 0 Å². The number of fused-ring (bicyclic) bond motifs is 4. The number of benzene rings is 8. The van der Waals surface area contributed by atoms with Gasteiger partial charge in [-0.05, 0) is 88.6 Å². The molecule has 0 amide bonds. The second kappa shape index (κ2) is 9.22. The average molecular weight is 507 g/mol. The first-order valence-electron chi connectivity index (χ1n) is 13.9. The van der Waals surface area contributed by atoms with Gasteiger partial charge in [-0.2, -0.15) is 0 Å². The molecule has 0 heterocycles. The Morgan fingerprint density at radius 2 is 0.775 bits per heavy atom. The standard InChI is InChI=1S/C40H26/c1-2-12-28(13-3-1)39-35-16-6-8-18-37(35)40(38-19-9-7-17-36(38)39)34-20-10-15-32-26-31(23-24-33(32)34)30-22-21-27-11-4-5-14-29(27)25-30/h1-26H. The summed E-state index contributed by atoms with van der Waals surface area (Å²) >= 11 is 0. The summed E-state index contributed by atoms with van der Waals surface area (Å²) in [5.41, 5.74) is 7.61. The molecule has 186 valence electrons. The molecule has 0 heteroatoms. The molecule has 0 aliphatic heterocycles. The predicted octanol–water partition coefficient (Wildman–Crippen LogP) is 11.3. The van der Waals surface area contributed by atoms with Gasteiger partial charge in [0.25, 0.3) is 0 Å². The molecule has 0 atom stereocenters. The molecule has 0 aliphatic carbocycles. The van der Waals surface area contributed by atoms with Gasteiger partial charge in [0.2, 0.25) is 0 Å². The molecular weight excluding hydrogens is 480 g/mol. The molecule has 8 rings (SSSR count). The van der Waals surface area contributed by atoms with E-state index in [9.17, 15) is 0 Å². The minimum atomic E-state index is 1.24. The quantitative estimate of drug-likeness (QED) is 0.209. The lowest BCUT2D eigenvalue weighted by Gasteiger charge is -2.19. The normalized spacial score (nSPS) is 11.5. The van der Waals surface area contributed by atoms with Crippen LogP contribution in [0.5, 0.6) is 0 Å². The van der Waals surface area contributed by atoms with E-state index in [2.05, 4.69) is 158 Å². The third-order valence-electron chi connectivity index (χ3n) is 8.23. The van der Waals surface area contributed by atoms with Gasteiger partial charge in [-0.1, -0.05) is 146 Å². The topological polar surface area (TPSA) is 0 Å². The van der Waals surface area contributed by atoms with Crippen LogP contribution in [0.3, 0.4) is 0 Å². The van der Waals surface area contributed by atoms with E-state index in [1.807, 2.05) is 0 Å². The van der Waals surface area contributed by atoms with Crippen molar-refractivity contribution in [2.45, 2.75) is 0 Å².